The van der Waals surface area contributed by atoms with Crippen molar-refractivity contribution < 1.29 is 13.2 Å². The Kier molecular flexibility index (Phi) is 3.00. The Labute approximate surface area is 87.6 Å². The van der Waals surface area contributed by atoms with Gasteiger partial charge in [-0.25, -0.2) is 0 Å². The van der Waals surface area contributed by atoms with E-state index in [1.807, 2.05) is 22.6 Å². The molecule has 69 valence electrons. The van der Waals surface area contributed by atoms with Gasteiger partial charge in [0.05, 0.1) is 5.56 Å². The normalized spacial score (nSPS) is 11.4. The third-order valence-corrected chi connectivity index (χ3v) is 2.42. The van der Waals surface area contributed by atoms with E-state index in [9.17, 15) is 13.2 Å². The molecule has 4 heteroatoms. The van der Waals surface area contributed by atoms with E-state index in [0.29, 0.717) is 9.13 Å². The van der Waals surface area contributed by atoms with Crippen LogP contribution < -0.4 is 0 Å². The molecule has 0 saturated carbocycles. The van der Waals surface area contributed by atoms with Gasteiger partial charge in [0.1, 0.15) is 0 Å². The second-order valence-corrected chi connectivity index (χ2v) is 3.53. The molecule has 1 aromatic carbocycles. The number of alkyl halides is 3. The SMILES string of the molecule is C=[C]c1cc(C(F)(F)F)ccc1I. The fraction of sp³-hybridized carbons (Fsp3) is 0.111. The van der Waals surface area contributed by atoms with Crippen molar-refractivity contribution in [3.05, 3.63) is 45.6 Å². The second kappa shape index (κ2) is 3.69. The minimum absolute atomic E-state index is 0.385. The maximum absolute atomic E-state index is 12.2. The van der Waals surface area contributed by atoms with Crippen molar-refractivity contribution >= 4 is 22.6 Å². The predicted octanol–water partition coefficient (Wildman–Crippen LogP) is 3.65. The van der Waals surface area contributed by atoms with Crippen molar-refractivity contribution in [3.63, 3.8) is 0 Å². The lowest BCUT2D eigenvalue weighted by Crippen LogP contribution is -2.05. The summed E-state index contributed by atoms with van der Waals surface area (Å²) in [4.78, 5) is 0. The van der Waals surface area contributed by atoms with Crippen LogP contribution in [0.4, 0.5) is 13.2 Å². The predicted molar refractivity (Wildman–Crippen MR) is 52.1 cm³/mol. The molecule has 0 aromatic heterocycles. The van der Waals surface area contributed by atoms with Gasteiger partial charge in [-0.15, -0.1) is 0 Å². The lowest BCUT2D eigenvalue weighted by molar-refractivity contribution is -0.137. The monoisotopic (exact) mass is 297 g/mol. The zero-order valence-corrected chi connectivity index (χ0v) is 8.61. The largest absolute Gasteiger partial charge is 0.416 e. The molecule has 0 nitrogen and oxygen atoms in total. The zero-order valence-electron chi connectivity index (χ0n) is 6.45. The van der Waals surface area contributed by atoms with Crippen LogP contribution in [-0.4, -0.2) is 0 Å². The number of halogens is 4. The highest BCUT2D eigenvalue weighted by Crippen LogP contribution is 2.30. The topological polar surface area (TPSA) is 0 Å². The van der Waals surface area contributed by atoms with Gasteiger partial charge >= 0.3 is 6.18 Å². The molecule has 1 aromatic rings. The lowest BCUT2D eigenvalue weighted by atomic mass is 10.1. The quantitative estimate of drug-likeness (QED) is 0.694. The van der Waals surface area contributed by atoms with E-state index in [0.717, 1.165) is 12.1 Å². The van der Waals surface area contributed by atoms with E-state index in [4.69, 9.17) is 0 Å². The smallest absolute Gasteiger partial charge is 0.166 e. The van der Waals surface area contributed by atoms with Gasteiger partial charge < -0.3 is 0 Å². The first-order valence-corrected chi connectivity index (χ1v) is 4.43. The Morgan fingerprint density at radius 1 is 1.31 bits per heavy atom. The Bertz CT molecular complexity index is 328. The molecule has 0 saturated heterocycles. The molecule has 1 rings (SSSR count). The molecule has 0 amide bonds. The molecule has 0 N–H and O–H groups in total. The van der Waals surface area contributed by atoms with Gasteiger partial charge in [0.2, 0.25) is 0 Å². The molecular formula is C9H5F3I. The molecule has 0 fully saturated rings. The fourth-order valence-corrected chi connectivity index (χ4v) is 1.36. The van der Waals surface area contributed by atoms with Crippen LogP contribution in [-0.2, 0) is 6.18 Å². The zero-order chi connectivity index (χ0) is 10.1. The molecule has 0 unspecified atom stereocenters. The van der Waals surface area contributed by atoms with Crippen LogP contribution in [0.2, 0.25) is 0 Å². The maximum atomic E-state index is 12.2. The highest BCUT2D eigenvalue weighted by Gasteiger charge is 2.30. The number of hydrogen-bond acceptors (Lipinski definition) is 0. The van der Waals surface area contributed by atoms with Gasteiger partial charge in [0, 0.05) is 3.57 Å². The first kappa shape index (κ1) is 10.6. The van der Waals surface area contributed by atoms with E-state index in [1.165, 1.54) is 6.07 Å². The average molecular weight is 297 g/mol. The molecule has 0 heterocycles. The summed E-state index contributed by atoms with van der Waals surface area (Å²) >= 11 is 1.94. The minimum atomic E-state index is -4.30. The van der Waals surface area contributed by atoms with Crippen LogP contribution in [0.15, 0.2) is 24.8 Å². The van der Waals surface area contributed by atoms with Gasteiger partial charge in [0.15, 0.2) is 0 Å². The Hall–Kier alpha value is -0.520. The van der Waals surface area contributed by atoms with Crippen LogP contribution >= 0.6 is 22.6 Å². The number of hydrogen-bond donors (Lipinski definition) is 0. The van der Waals surface area contributed by atoms with Crippen LogP contribution in [0.5, 0.6) is 0 Å². The van der Waals surface area contributed by atoms with E-state index in [2.05, 4.69) is 12.7 Å². The van der Waals surface area contributed by atoms with Crippen LogP contribution in [0.1, 0.15) is 11.1 Å². The van der Waals surface area contributed by atoms with Gasteiger partial charge in [0.25, 0.3) is 0 Å². The molecule has 0 spiro atoms. The van der Waals surface area contributed by atoms with E-state index >= 15 is 0 Å². The molecular weight excluding hydrogens is 292 g/mol. The molecule has 0 atom stereocenters. The van der Waals surface area contributed by atoms with Gasteiger partial charge in [-0.2, -0.15) is 13.2 Å². The Morgan fingerprint density at radius 2 is 1.92 bits per heavy atom. The molecule has 1 radical (unpaired) electrons. The fourth-order valence-electron chi connectivity index (χ4n) is 0.837. The van der Waals surface area contributed by atoms with E-state index < -0.39 is 11.7 Å². The Balaban J connectivity index is 3.21. The summed E-state index contributed by atoms with van der Waals surface area (Å²) in [5.41, 5.74) is -0.283. The Morgan fingerprint density at radius 3 is 2.38 bits per heavy atom. The summed E-state index contributed by atoms with van der Waals surface area (Å²) in [6, 6.07) is 3.48. The van der Waals surface area contributed by atoms with Crippen molar-refractivity contribution in [3.8, 4) is 0 Å². The molecule has 13 heavy (non-hydrogen) atoms. The maximum Gasteiger partial charge on any atom is 0.416 e. The second-order valence-electron chi connectivity index (χ2n) is 2.37. The number of benzene rings is 1. The van der Waals surface area contributed by atoms with E-state index in [-0.39, 0.29) is 0 Å². The van der Waals surface area contributed by atoms with Crippen molar-refractivity contribution in [2.45, 2.75) is 6.18 Å². The van der Waals surface area contributed by atoms with Gasteiger partial charge in [-0.05, 0) is 52.4 Å². The van der Waals surface area contributed by atoms with E-state index in [1.54, 1.807) is 0 Å². The standard InChI is InChI=1S/C9H5F3I/c1-2-6-5-7(9(10,11)12)3-4-8(6)13/h3-5H,1H2. The first-order chi connectivity index (χ1) is 5.95. The highest BCUT2D eigenvalue weighted by atomic mass is 127. The summed E-state index contributed by atoms with van der Waals surface area (Å²) < 4.78 is 37.3. The number of rotatable bonds is 1. The van der Waals surface area contributed by atoms with Crippen LogP contribution in [0.3, 0.4) is 0 Å². The average Bonchev–Trinajstić information content (AvgIpc) is 2.03. The minimum Gasteiger partial charge on any atom is -0.166 e. The molecule has 0 aliphatic carbocycles. The summed E-state index contributed by atoms with van der Waals surface area (Å²) in [6.07, 6.45) is -1.85. The first-order valence-electron chi connectivity index (χ1n) is 3.35. The summed E-state index contributed by atoms with van der Waals surface area (Å²) in [5.74, 6) is 0. The summed E-state index contributed by atoms with van der Waals surface area (Å²) in [5, 5.41) is 0. The molecule has 0 aliphatic rings. The third kappa shape index (κ3) is 2.46. The van der Waals surface area contributed by atoms with Crippen molar-refractivity contribution in [2.24, 2.45) is 0 Å². The molecule has 0 aliphatic heterocycles. The van der Waals surface area contributed by atoms with Gasteiger partial charge in [-0.3, -0.25) is 0 Å². The molecule has 0 bridgehead atoms. The summed E-state index contributed by atoms with van der Waals surface area (Å²) in [6.45, 7) is 3.32. The van der Waals surface area contributed by atoms with Crippen LogP contribution in [0.25, 0.3) is 0 Å². The highest BCUT2D eigenvalue weighted by molar-refractivity contribution is 14.1. The summed E-state index contributed by atoms with van der Waals surface area (Å²) in [7, 11) is 0. The van der Waals surface area contributed by atoms with Crippen molar-refractivity contribution in [2.75, 3.05) is 0 Å². The third-order valence-electron chi connectivity index (χ3n) is 1.48. The van der Waals surface area contributed by atoms with Crippen molar-refractivity contribution in [1.29, 1.82) is 0 Å². The lowest BCUT2D eigenvalue weighted by Gasteiger charge is -2.07. The van der Waals surface area contributed by atoms with Crippen molar-refractivity contribution in [1.82, 2.24) is 0 Å². The van der Waals surface area contributed by atoms with Crippen LogP contribution in [0, 0.1) is 9.65 Å². The van der Waals surface area contributed by atoms with Gasteiger partial charge in [-0.1, -0.05) is 6.58 Å².